The molecule has 0 aromatic heterocycles. The average molecular weight is 241 g/mol. The van der Waals surface area contributed by atoms with Gasteiger partial charge in [-0.2, -0.15) is 0 Å². The van der Waals surface area contributed by atoms with Crippen LogP contribution in [0.15, 0.2) is 0 Å². The molecule has 3 nitrogen and oxygen atoms in total. The van der Waals surface area contributed by atoms with Crippen molar-refractivity contribution in [2.45, 2.75) is 53.6 Å². The van der Waals surface area contributed by atoms with Crippen LogP contribution >= 0.6 is 0 Å². The maximum absolute atomic E-state index is 12.3. The summed E-state index contributed by atoms with van der Waals surface area (Å²) in [6, 6.07) is 0. The van der Waals surface area contributed by atoms with Crippen LogP contribution in [-0.2, 0) is 9.53 Å². The predicted molar refractivity (Wildman–Crippen MR) is 69.8 cm³/mol. The van der Waals surface area contributed by atoms with Gasteiger partial charge in [-0.25, -0.2) is 0 Å². The summed E-state index contributed by atoms with van der Waals surface area (Å²) in [6.07, 6.45) is 2.41. The summed E-state index contributed by atoms with van der Waals surface area (Å²) in [4.78, 5) is 12.3. The first-order valence-corrected chi connectivity index (χ1v) is 6.79. The van der Waals surface area contributed by atoms with Crippen LogP contribution in [0.3, 0.4) is 0 Å². The third-order valence-corrected chi connectivity index (χ3v) is 4.40. The van der Waals surface area contributed by atoms with E-state index in [-0.39, 0.29) is 17.4 Å². The smallest absolute Gasteiger partial charge is 0.226 e. The van der Waals surface area contributed by atoms with Crippen molar-refractivity contribution in [2.24, 2.45) is 17.3 Å². The molecule has 0 bridgehead atoms. The highest BCUT2D eigenvalue weighted by molar-refractivity contribution is 5.82. The molecule has 1 saturated heterocycles. The molecule has 0 aromatic rings. The molecule has 100 valence electrons. The first-order chi connectivity index (χ1) is 7.89. The van der Waals surface area contributed by atoms with Gasteiger partial charge in [0.25, 0.3) is 0 Å². The molecule has 0 aromatic carbocycles. The van der Waals surface area contributed by atoms with E-state index < -0.39 is 0 Å². The molecule has 1 unspecified atom stereocenters. The number of nitrogens with one attached hydrogen (secondary N) is 1. The Bertz CT molecular complexity index is 247. The number of amides is 1. The van der Waals surface area contributed by atoms with Crippen LogP contribution < -0.4 is 5.32 Å². The highest BCUT2D eigenvalue weighted by atomic mass is 16.5. The topological polar surface area (TPSA) is 38.3 Å². The lowest BCUT2D eigenvalue weighted by molar-refractivity contribution is -0.136. The molecule has 1 aliphatic rings. The van der Waals surface area contributed by atoms with Crippen molar-refractivity contribution >= 4 is 5.91 Å². The maximum Gasteiger partial charge on any atom is 0.226 e. The summed E-state index contributed by atoms with van der Waals surface area (Å²) >= 11 is 0. The lowest BCUT2D eigenvalue weighted by atomic mass is 9.70. The van der Waals surface area contributed by atoms with Gasteiger partial charge in [-0.1, -0.05) is 34.6 Å². The number of hydrogen-bond donors (Lipinski definition) is 1. The number of carbonyl (C=O) groups excluding carboxylic acids is 1. The molecule has 1 aliphatic heterocycles. The van der Waals surface area contributed by atoms with Crippen molar-refractivity contribution in [1.82, 2.24) is 5.32 Å². The first-order valence-electron chi connectivity index (χ1n) is 6.79. The zero-order valence-corrected chi connectivity index (χ0v) is 11.9. The molecule has 1 amide bonds. The lowest BCUT2D eigenvalue weighted by Crippen LogP contribution is -2.47. The summed E-state index contributed by atoms with van der Waals surface area (Å²) in [5.41, 5.74) is -0.293. The zero-order valence-electron chi connectivity index (χ0n) is 11.9. The van der Waals surface area contributed by atoms with Crippen LogP contribution in [0.25, 0.3) is 0 Å². The van der Waals surface area contributed by atoms with E-state index in [4.69, 9.17) is 4.74 Å². The minimum atomic E-state index is -0.293. The number of rotatable bonds is 5. The second-order valence-electron chi connectivity index (χ2n) is 5.94. The molecule has 1 rings (SSSR count). The number of ether oxygens (including phenoxy) is 1. The van der Waals surface area contributed by atoms with Gasteiger partial charge in [-0.05, 0) is 24.7 Å². The standard InChI is InChI=1S/C14H27NO2/c1-10(2)14(5,11(3)4)13(16)15-9-12-7-6-8-17-12/h10-12H,6-9H2,1-5H3,(H,15,16). The molecule has 1 heterocycles. The molecule has 0 spiro atoms. The van der Waals surface area contributed by atoms with Crippen LogP contribution in [-0.4, -0.2) is 25.2 Å². The summed E-state index contributed by atoms with van der Waals surface area (Å²) in [5.74, 6) is 0.844. The van der Waals surface area contributed by atoms with Crippen molar-refractivity contribution in [3.8, 4) is 0 Å². The van der Waals surface area contributed by atoms with E-state index in [1.54, 1.807) is 0 Å². The second kappa shape index (κ2) is 5.85. The van der Waals surface area contributed by atoms with Gasteiger partial charge in [0, 0.05) is 13.2 Å². The van der Waals surface area contributed by atoms with Gasteiger partial charge >= 0.3 is 0 Å². The molecule has 17 heavy (non-hydrogen) atoms. The molecular formula is C14H27NO2. The fourth-order valence-electron chi connectivity index (χ4n) is 2.39. The van der Waals surface area contributed by atoms with Crippen LogP contribution in [0.4, 0.5) is 0 Å². The Morgan fingerprint density at radius 1 is 1.35 bits per heavy atom. The van der Waals surface area contributed by atoms with Gasteiger partial charge in [0.2, 0.25) is 5.91 Å². The third kappa shape index (κ3) is 3.21. The largest absolute Gasteiger partial charge is 0.376 e. The first kappa shape index (κ1) is 14.5. The monoisotopic (exact) mass is 241 g/mol. The van der Waals surface area contributed by atoms with Crippen LogP contribution in [0.2, 0.25) is 0 Å². The van der Waals surface area contributed by atoms with Gasteiger partial charge in [0.1, 0.15) is 0 Å². The summed E-state index contributed by atoms with van der Waals surface area (Å²) in [5, 5.41) is 3.06. The quantitative estimate of drug-likeness (QED) is 0.803. The number of hydrogen-bond acceptors (Lipinski definition) is 2. The SMILES string of the molecule is CC(C)C(C)(C(=O)NCC1CCCO1)C(C)C. The normalized spacial score (nSPS) is 21.2. The Morgan fingerprint density at radius 2 is 1.94 bits per heavy atom. The van der Waals surface area contributed by atoms with Gasteiger partial charge in [-0.15, -0.1) is 0 Å². The van der Waals surface area contributed by atoms with Crippen molar-refractivity contribution in [1.29, 1.82) is 0 Å². The molecule has 3 heteroatoms. The summed E-state index contributed by atoms with van der Waals surface area (Å²) in [6.45, 7) is 12.0. The highest BCUT2D eigenvalue weighted by Gasteiger charge is 2.39. The van der Waals surface area contributed by atoms with E-state index in [0.717, 1.165) is 19.4 Å². The molecule has 1 N–H and O–H groups in total. The Morgan fingerprint density at radius 3 is 2.35 bits per heavy atom. The Kier molecular flexibility index (Phi) is 4.99. The van der Waals surface area contributed by atoms with E-state index in [0.29, 0.717) is 18.4 Å². The van der Waals surface area contributed by atoms with Crippen molar-refractivity contribution in [2.75, 3.05) is 13.2 Å². The van der Waals surface area contributed by atoms with Crippen molar-refractivity contribution < 1.29 is 9.53 Å². The zero-order chi connectivity index (χ0) is 13.1. The predicted octanol–water partition coefficient (Wildman–Crippen LogP) is 2.60. The van der Waals surface area contributed by atoms with Gasteiger partial charge < -0.3 is 10.1 Å². The Labute approximate surface area is 105 Å². The van der Waals surface area contributed by atoms with Gasteiger partial charge in [0.15, 0.2) is 0 Å². The fourth-order valence-corrected chi connectivity index (χ4v) is 2.39. The fraction of sp³-hybridized carbons (Fsp3) is 0.929. The summed E-state index contributed by atoms with van der Waals surface area (Å²) < 4.78 is 5.52. The summed E-state index contributed by atoms with van der Waals surface area (Å²) in [7, 11) is 0. The third-order valence-electron chi connectivity index (χ3n) is 4.40. The molecule has 0 radical (unpaired) electrons. The van der Waals surface area contributed by atoms with E-state index in [9.17, 15) is 4.79 Å². The van der Waals surface area contributed by atoms with Crippen molar-refractivity contribution in [3.63, 3.8) is 0 Å². The molecule has 0 aliphatic carbocycles. The van der Waals surface area contributed by atoms with E-state index in [1.807, 2.05) is 0 Å². The average Bonchev–Trinajstić information content (AvgIpc) is 2.76. The van der Waals surface area contributed by atoms with E-state index >= 15 is 0 Å². The van der Waals surface area contributed by atoms with Crippen LogP contribution in [0, 0.1) is 17.3 Å². The lowest BCUT2D eigenvalue weighted by Gasteiger charge is -2.36. The van der Waals surface area contributed by atoms with E-state index in [2.05, 4.69) is 39.9 Å². The van der Waals surface area contributed by atoms with E-state index in [1.165, 1.54) is 0 Å². The van der Waals surface area contributed by atoms with Gasteiger partial charge in [0.05, 0.1) is 11.5 Å². The van der Waals surface area contributed by atoms with Gasteiger partial charge in [-0.3, -0.25) is 4.79 Å². The maximum atomic E-state index is 12.3. The second-order valence-corrected chi connectivity index (χ2v) is 5.94. The minimum Gasteiger partial charge on any atom is -0.376 e. The molecule has 0 saturated carbocycles. The number of carbonyl (C=O) groups is 1. The van der Waals surface area contributed by atoms with Crippen LogP contribution in [0.1, 0.15) is 47.5 Å². The van der Waals surface area contributed by atoms with Crippen LogP contribution in [0.5, 0.6) is 0 Å². The molecular weight excluding hydrogens is 214 g/mol. The molecule has 1 atom stereocenters. The molecule has 1 fully saturated rings. The highest BCUT2D eigenvalue weighted by Crippen LogP contribution is 2.35. The Hall–Kier alpha value is -0.570. The minimum absolute atomic E-state index is 0.165. The Balaban J connectivity index is 2.53. The van der Waals surface area contributed by atoms with Crippen molar-refractivity contribution in [3.05, 3.63) is 0 Å².